The molecule has 1 heterocycles. The van der Waals surface area contributed by atoms with E-state index < -0.39 is 0 Å². The lowest BCUT2D eigenvalue weighted by Crippen LogP contribution is -1.96. The molecule has 0 spiro atoms. The first-order chi connectivity index (χ1) is 6.81. The topological polar surface area (TPSA) is 39.9 Å². The highest BCUT2D eigenvalue weighted by molar-refractivity contribution is 9.10. The van der Waals surface area contributed by atoms with Gasteiger partial charge in [-0.15, -0.1) is 5.10 Å². The summed E-state index contributed by atoms with van der Waals surface area (Å²) in [5.41, 5.74) is 0.919. The van der Waals surface area contributed by atoms with Crippen LogP contribution < -0.4 is 4.74 Å². The first-order valence-electron chi connectivity index (χ1n) is 4.01. The predicted octanol–water partition coefficient (Wildman–Crippen LogP) is 2.04. The van der Waals surface area contributed by atoms with Gasteiger partial charge in [-0.1, -0.05) is 5.21 Å². The first kappa shape index (κ1) is 9.21. The van der Waals surface area contributed by atoms with Crippen LogP contribution in [-0.2, 0) is 0 Å². The van der Waals surface area contributed by atoms with Crippen molar-refractivity contribution in [2.24, 2.45) is 0 Å². The summed E-state index contributed by atoms with van der Waals surface area (Å²) in [6.07, 6.45) is 3.41. The van der Waals surface area contributed by atoms with Crippen molar-refractivity contribution in [3.63, 3.8) is 0 Å². The van der Waals surface area contributed by atoms with Crippen LogP contribution >= 0.6 is 15.9 Å². The molecule has 0 unspecified atom stereocenters. The van der Waals surface area contributed by atoms with Gasteiger partial charge < -0.3 is 4.74 Å². The molecule has 72 valence electrons. The maximum absolute atomic E-state index is 5.18. The van der Waals surface area contributed by atoms with Crippen molar-refractivity contribution < 1.29 is 4.74 Å². The molecule has 14 heavy (non-hydrogen) atoms. The molecular formula is C9H8BrN3O. The Balaban J connectivity index is 2.46. The van der Waals surface area contributed by atoms with E-state index in [9.17, 15) is 0 Å². The van der Waals surface area contributed by atoms with E-state index in [1.165, 1.54) is 0 Å². The number of rotatable bonds is 2. The molecule has 0 bridgehead atoms. The van der Waals surface area contributed by atoms with Crippen LogP contribution in [0, 0.1) is 0 Å². The second-order valence-corrected chi connectivity index (χ2v) is 3.52. The van der Waals surface area contributed by atoms with E-state index in [4.69, 9.17) is 4.74 Å². The molecule has 5 heteroatoms. The average molecular weight is 254 g/mol. The SMILES string of the molecule is COc1cc(-n2ccnn2)ccc1Br. The van der Waals surface area contributed by atoms with Gasteiger partial charge in [0.15, 0.2) is 0 Å². The van der Waals surface area contributed by atoms with Crippen LogP contribution in [-0.4, -0.2) is 22.1 Å². The fraction of sp³-hybridized carbons (Fsp3) is 0.111. The summed E-state index contributed by atoms with van der Waals surface area (Å²) in [7, 11) is 1.63. The van der Waals surface area contributed by atoms with Crippen LogP contribution in [0.2, 0.25) is 0 Å². The van der Waals surface area contributed by atoms with E-state index in [1.54, 1.807) is 24.2 Å². The van der Waals surface area contributed by atoms with Crippen molar-refractivity contribution in [1.82, 2.24) is 15.0 Å². The van der Waals surface area contributed by atoms with Gasteiger partial charge in [-0.05, 0) is 28.1 Å². The summed E-state index contributed by atoms with van der Waals surface area (Å²) in [4.78, 5) is 0. The molecule has 0 N–H and O–H groups in total. The van der Waals surface area contributed by atoms with E-state index >= 15 is 0 Å². The van der Waals surface area contributed by atoms with E-state index in [-0.39, 0.29) is 0 Å². The number of benzene rings is 1. The molecule has 2 aromatic rings. The summed E-state index contributed by atoms with van der Waals surface area (Å²) in [6.45, 7) is 0. The predicted molar refractivity (Wildman–Crippen MR) is 55.6 cm³/mol. The van der Waals surface area contributed by atoms with Gasteiger partial charge >= 0.3 is 0 Å². The third kappa shape index (κ3) is 1.63. The Labute approximate surface area is 89.6 Å². The minimum atomic E-state index is 0.776. The highest BCUT2D eigenvalue weighted by atomic mass is 79.9. The Hall–Kier alpha value is -1.36. The third-order valence-electron chi connectivity index (χ3n) is 1.82. The van der Waals surface area contributed by atoms with Gasteiger partial charge in [0.05, 0.1) is 29.7 Å². The minimum absolute atomic E-state index is 0.776. The molecule has 2 rings (SSSR count). The van der Waals surface area contributed by atoms with Gasteiger partial charge in [-0.2, -0.15) is 0 Å². The molecule has 0 saturated heterocycles. The Morgan fingerprint density at radius 2 is 2.29 bits per heavy atom. The average Bonchev–Trinajstić information content (AvgIpc) is 2.71. The highest BCUT2D eigenvalue weighted by Crippen LogP contribution is 2.26. The number of hydrogen-bond acceptors (Lipinski definition) is 3. The summed E-state index contributed by atoms with van der Waals surface area (Å²) >= 11 is 3.38. The number of hydrogen-bond donors (Lipinski definition) is 0. The zero-order valence-electron chi connectivity index (χ0n) is 7.51. The maximum atomic E-state index is 5.18. The van der Waals surface area contributed by atoms with Gasteiger partial charge in [0.2, 0.25) is 0 Å². The summed E-state index contributed by atoms with van der Waals surface area (Å²) in [5.74, 6) is 0.776. The maximum Gasteiger partial charge on any atom is 0.135 e. The van der Waals surface area contributed by atoms with E-state index in [2.05, 4.69) is 26.2 Å². The lowest BCUT2D eigenvalue weighted by molar-refractivity contribution is 0.412. The van der Waals surface area contributed by atoms with Crippen molar-refractivity contribution in [3.05, 3.63) is 35.1 Å². The molecule has 0 aliphatic carbocycles. The van der Waals surface area contributed by atoms with Crippen LogP contribution in [0.5, 0.6) is 5.75 Å². The van der Waals surface area contributed by atoms with E-state index in [0.29, 0.717) is 0 Å². The molecule has 4 nitrogen and oxygen atoms in total. The fourth-order valence-corrected chi connectivity index (χ4v) is 1.55. The quantitative estimate of drug-likeness (QED) is 0.823. The Morgan fingerprint density at radius 1 is 1.43 bits per heavy atom. The van der Waals surface area contributed by atoms with Gasteiger partial charge in [-0.25, -0.2) is 4.68 Å². The third-order valence-corrected chi connectivity index (χ3v) is 2.48. The van der Waals surface area contributed by atoms with Gasteiger partial charge in [0, 0.05) is 6.07 Å². The van der Waals surface area contributed by atoms with Crippen molar-refractivity contribution in [3.8, 4) is 11.4 Å². The van der Waals surface area contributed by atoms with E-state index in [1.807, 2.05) is 18.2 Å². The first-order valence-corrected chi connectivity index (χ1v) is 4.81. The molecular weight excluding hydrogens is 246 g/mol. The number of methoxy groups -OCH3 is 1. The highest BCUT2D eigenvalue weighted by Gasteiger charge is 2.02. The molecule has 0 saturated carbocycles. The molecule has 0 atom stereocenters. The van der Waals surface area contributed by atoms with Crippen molar-refractivity contribution in [2.45, 2.75) is 0 Å². The molecule has 0 aliphatic heterocycles. The Bertz CT molecular complexity index is 428. The smallest absolute Gasteiger partial charge is 0.135 e. The van der Waals surface area contributed by atoms with Crippen molar-refractivity contribution >= 4 is 15.9 Å². The Kier molecular flexibility index (Phi) is 2.49. The lowest BCUT2D eigenvalue weighted by atomic mass is 10.3. The standard InChI is InChI=1S/C9H8BrN3O/c1-14-9-6-7(2-3-8(9)10)13-5-4-11-12-13/h2-6H,1H3. The summed E-state index contributed by atoms with van der Waals surface area (Å²) in [6, 6.07) is 5.73. The molecule has 0 radical (unpaired) electrons. The molecule has 0 amide bonds. The number of nitrogens with zero attached hydrogens (tertiary/aromatic N) is 3. The van der Waals surface area contributed by atoms with Gasteiger partial charge in [0.25, 0.3) is 0 Å². The molecule has 1 aromatic heterocycles. The zero-order chi connectivity index (χ0) is 9.97. The van der Waals surface area contributed by atoms with Gasteiger partial charge in [0.1, 0.15) is 5.75 Å². The van der Waals surface area contributed by atoms with Crippen molar-refractivity contribution in [2.75, 3.05) is 7.11 Å². The minimum Gasteiger partial charge on any atom is -0.495 e. The number of ether oxygens (including phenoxy) is 1. The van der Waals surface area contributed by atoms with Crippen LogP contribution in [0.4, 0.5) is 0 Å². The fourth-order valence-electron chi connectivity index (χ4n) is 1.14. The second kappa shape index (κ2) is 3.79. The number of aromatic nitrogens is 3. The zero-order valence-corrected chi connectivity index (χ0v) is 9.10. The van der Waals surface area contributed by atoms with E-state index in [0.717, 1.165) is 15.9 Å². The van der Waals surface area contributed by atoms with Crippen LogP contribution in [0.1, 0.15) is 0 Å². The van der Waals surface area contributed by atoms with Crippen molar-refractivity contribution in [1.29, 1.82) is 0 Å². The molecule has 0 aliphatic rings. The summed E-state index contributed by atoms with van der Waals surface area (Å²) < 4.78 is 7.77. The second-order valence-electron chi connectivity index (χ2n) is 2.67. The normalized spacial score (nSPS) is 10.1. The van der Waals surface area contributed by atoms with Crippen LogP contribution in [0.25, 0.3) is 5.69 Å². The molecule has 1 aromatic carbocycles. The van der Waals surface area contributed by atoms with Crippen LogP contribution in [0.15, 0.2) is 35.1 Å². The lowest BCUT2D eigenvalue weighted by Gasteiger charge is -2.05. The van der Waals surface area contributed by atoms with Crippen LogP contribution in [0.3, 0.4) is 0 Å². The van der Waals surface area contributed by atoms with Gasteiger partial charge in [-0.3, -0.25) is 0 Å². The monoisotopic (exact) mass is 253 g/mol. The summed E-state index contributed by atoms with van der Waals surface area (Å²) in [5, 5.41) is 7.62. The number of halogens is 1. The molecule has 0 fully saturated rings. The Morgan fingerprint density at radius 3 is 2.93 bits per heavy atom. The largest absolute Gasteiger partial charge is 0.495 e.